The van der Waals surface area contributed by atoms with Gasteiger partial charge in [-0.3, -0.25) is 0 Å². The molecule has 0 saturated carbocycles. The molecule has 1 aromatic rings. The van der Waals surface area contributed by atoms with Gasteiger partial charge in [-0.15, -0.1) is 0 Å². The lowest BCUT2D eigenvalue weighted by Crippen LogP contribution is -2.64. The number of aromatic hydroxyl groups is 1. The van der Waals surface area contributed by atoms with Gasteiger partial charge in [0.25, 0.3) is 0 Å². The maximum atomic E-state index is 10.6. The van der Waals surface area contributed by atoms with Crippen LogP contribution in [0.3, 0.4) is 0 Å². The molecule has 0 amide bonds. The maximum absolute atomic E-state index is 10.6. The number of likely N-dealkylation sites (tertiary alicyclic amines) is 1. The fourth-order valence-electron chi connectivity index (χ4n) is 5.81. The third-order valence-corrected chi connectivity index (χ3v) is 6.82. The molecule has 0 unspecified atom stereocenters. The van der Waals surface area contributed by atoms with Gasteiger partial charge in [-0.05, 0) is 56.5 Å². The average Bonchev–Trinajstić information content (AvgIpc) is 2.91. The van der Waals surface area contributed by atoms with Gasteiger partial charge in [0.1, 0.15) is 12.2 Å². The Morgan fingerprint density at radius 2 is 2.25 bits per heavy atom. The minimum Gasteiger partial charge on any atom is -0.504 e. The summed E-state index contributed by atoms with van der Waals surface area (Å²) in [5.41, 5.74) is 3.54. The van der Waals surface area contributed by atoms with E-state index < -0.39 is 6.10 Å². The van der Waals surface area contributed by atoms with Crippen LogP contribution in [0.2, 0.25) is 0 Å². The van der Waals surface area contributed by atoms with Crippen molar-refractivity contribution < 1.29 is 14.9 Å². The predicted molar refractivity (Wildman–Crippen MR) is 91.3 cm³/mol. The quantitative estimate of drug-likeness (QED) is 0.816. The van der Waals surface area contributed by atoms with Crippen molar-refractivity contribution in [3.63, 3.8) is 0 Å². The molecular weight excluding hydrogens is 302 g/mol. The number of hydrogen-bond acceptors (Lipinski definition) is 4. The van der Waals surface area contributed by atoms with Crippen LogP contribution in [0.1, 0.15) is 29.5 Å². The normalized spacial score (nSPS) is 38.8. The van der Waals surface area contributed by atoms with Crippen molar-refractivity contribution in [3.05, 3.63) is 41.8 Å². The molecule has 5 rings (SSSR count). The smallest absolute Gasteiger partial charge is 0.165 e. The molecule has 4 heteroatoms. The number of benzene rings is 1. The molecule has 2 bridgehead atoms. The Morgan fingerprint density at radius 1 is 1.42 bits per heavy atom. The second kappa shape index (κ2) is 4.77. The summed E-state index contributed by atoms with van der Waals surface area (Å²) in [6, 6.07) is 2.29. The van der Waals surface area contributed by atoms with E-state index in [-0.39, 0.29) is 17.3 Å². The number of phenols is 1. The largest absolute Gasteiger partial charge is 0.504 e. The van der Waals surface area contributed by atoms with E-state index in [0.29, 0.717) is 17.7 Å². The minimum atomic E-state index is -0.612. The highest BCUT2D eigenvalue weighted by Gasteiger charge is 2.64. The summed E-state index contributed by atoms with van der Waals surface area (Å²) in [5, 5.41) is 21.2. The Balaban J connectivity index is 1.82. The number of likely N-dealkylation sites (N-methyl/N-ethyl adjacent to an activating group) is 1. The van der Waals surface area contributed by atoms with Crippen molar-refractivity contribution in [2.75, 3.05) is 13.6 Å². The highest BCUT2D eigenvalue weighted by Crippen LogP contribution is 2.62. The van der Waals surface area contributed by atoms with Gasteiger partial charge in [-0.1, -0.05) is 19.1 Å². The molecule has 24 heavy (non-hydrogen) atoms. The SMILES string of the molecule is [CH2]CCc1cc(O)c2c3c1C[C@@H]1[C@@H]4C=C[C@H](O)[C@H](O2)[C@]34CCN1C. The first-order chi connectivity index (χ1) is 11.6. The lowest BCUT2D eigenvalue weighted by Gasteiger charge is -2.56. The standard InChI is InChI=1S/C20H24NO3/c1-3-4-11-9-16(23)18-17-12(11)10-14-13-5-6-15(22)19(24-18)20(13,17)7-8-21(14)2/h5-6,9,13-15,19,22-23H,1,3-4,7-8,10H2,2H3/t13-,14+,15-,19-,20-/m0/s1. The van der Waals surface area contributed by atoms with E-state index in [1.54, 1.807) is 0 Å². The fraction of sp³-hybridized carbons (Fsp3) is 0.550. The van der Waals surface area contributed by atoms with Crippen LogP contribution >= 0.6 is 0 Å². The van der Waals surface area contributed by atoms with E-state index >= 15 is 0 Å². The van der Waals surface area contributed by atoms with Crippen LogP contribution in [0.5, 0.6) is 11.5 Å². The van der Waals surface area contributed by atoms with Crippen molar-refractivity contribution >= 4 is 0 Å². The molecule has 1 aromatic carbocycles. The fourth-order valence-corrected chi connectivity index (χ4v) is 5.81. The minimum absolute atomic E-state index is 0.192. The molecule has 5 atom stereocenters. The maximum Gasteiger partial charge on any atom is 0.165 e. The molecule has 1 fully saturated rings. The van der Waals surface area contributed by atoms with Crippen LogP contribution in [0.25, 0.3) is 0 Å². The van der Waals surface area contributed by atoms with Crippen molar-refractivity contribution in [1.82, 2.24) is 4.90 Å². The molecule has 2 heterocycles. The zero-order valence-electron chi connectivity index (χ0n) is 14.0. The topological polar surface area (TPSA) is 52.9 Å². The Labute approximate surface area is 142 Å². The van der Waals surface area contributed by atoms with Gasteiger partial charge in [0, 0.05) is 22.9 Å². The summed E-state index contributed by atoms with van der Waals surface area (Å²) in [7, 11) is 2.20. The third-order valence-electron chi connectivity index (χ3n) is 6.82. The van der Waals surface area contributed by atoms with Crippen LogP contribution in [0.15, 0.2) is 18.2 Å². The van der Waals surface area contributed by atoms with Crippen LogP contribution in [0, 0.1) is 12.8 Å². The first-order valence-corrected chi connectivity index (χ1v) is 8.98. The monoisotopic (exact) mass is 326 g/mol. The zero-order valence-corrected chi connectivity index (χ0v) is 14.0. The van der Waals surface area contributed by atoms with Gasteiger partial charge in [-0.25, -0.2) is 0 Å². The number of phenolic OH excluding ortho intramolecular Hbond substituents is 1. The lowest BCUT2D eigenvalue weighted by atomic mass is 9.53. The number of aryl methyl sites for hydroxylation is 1. The number of piperidine rings is 1. The number of aliphatic hydroxyl groups is 1. The second-order valence-electron chi connectivity index (χ2n) is 7.82. The number of aliphatic hydroxyl groups excluding tert-OH is 1. The van der Waals surface area contributed by atoms with Gasteiger partial charge in [0.05, 0.1) is 0 Å². The average molecular weight is 326 g/mol. The van der Waals surface area contributed by atoms with E-state index in [0.717, 1.165) is 32.2 Å². The predicted octanol–water partition coefficient (Wildman–Crippen LogP) is 1.96. The molecule has 4 nitrogen and oxygen atoms in total. The van der Waals surface area contributed by atoms with Crippen LogP contribution in [0.4, 0.5) is 0 Å². The molecule has 1 radical (unpaired) electrons. The molecule has 2 aliphatic carbocycles. The lowest BCUT2D eigenvalue weighted by molar-refractivity contribution is -0.0454. The van der Waals surface area contributed by atoms with E-state index in [9.17, 15) is 10.2 Å². The molecule has 0 aromatic heterocycles. The summed E-state index contributed by atoms with van der Waals surface area (Å²) < 4.78 is 6.20. The molecule has 1 spiro atoms. The summed E-state index contributed by atoms with van der Waals surface area (Å²) in [5.74, 6) is 1.19. The van der Waals surface area contributed by atoms with Crippen molar-refractivity contribution in [1.29, 1.82) is 0 Å². The first-order valence-electron chi connectivity index (χ1n) is 8.98. The van der Waals surface area contributed by atoms with Gasteiger partial charge >= 0.3 is 0 Å². The Bertz CT molecular complexity index is 743. The molecule has 1 saturated heterocycles. The van der Waals surface area contributed by atoms with Crippen LogP contribution < -0.4 is 4.74 Å². The van der Waals surface area contributed by atoms with Gasteiger partial charge < -0.3 is 19.8 Å². The number of hydrogen-bond donors (Lipinski definition) is 2. The Kier molecular flexibility index (Phi) is 2.94. The highest BCUT2D eigenvalue weighted by atomic mass is 16.5. The first kappa shape index (κ1) is 14.8. The highest BCUT2D eigenvalue weighted by molar-refractivity contribution is 5.64. The summed E-state index contributed by atoms with van der Waals surface area (Å²) >= 11 is 0. The van der Waals surface area contributed by atoms with Gasteiger partial charge in [-0.2, -0.15) is 0 Å². The summed E-state index contributed by atoms with van der Waals surface area (Å²) in [6.45, 7) is 5.00. The Morgan fingerprint density at radius 3 is 3.04 bits per heavy atom. The van der Waals surface area contributed by atoms with E-state index in [2.05, 4.69) is 24.9 Å². The van der Waals surface area contributed by atoms with E-state index in [4.69, 9.17) is 4.74 Å². The summed E-state index contributed by atoms with van der Waals surface area (Å²) in [4.78, 5) is 2.46. The number of ether oxygens (including phenoxy) is 1. The molecule has 4 aliphatic rings. The molecule has 127 valence electrons. The second-order valence-corrected chi connectivity index (χ2v) is 7.82. The molecular formula is C20H24NO3. The van der Waals surface area contributed by atoms with Crippen LogP contribution in [-0.4, -0.2) is 47.0 Å². The zero-order chi connectivity index (χ0) is 16.6. The van der Waals surface area contributed by atoms with Crippen molar-refractivity contribution in [3.8, 4) is 11.5 Å². The number of rotatable bonds is 2. The molecule has 2 aliphatic heterocycles. The van der Waals surface area contributed by atoms with Crippen LogP contribution in [-0.2, 0) is 18.3 Å². The van der Waals surface area contributed by atoms with E-state index in [1.165, 1.54) is 16.7 Å². The number of nitrogens with zero attached hydrogens (tertiary/aromatic N) is 1. The van der Waals surface area contributed by atoms with Gasteiger partial charge in [0.15, 0.2) is 11.5 Å². The van der Waals surface area contributed by atoms with Crippen molar-refractivity contribution in [2.45, 2.75) is 49.3 Å². The third kappa shape index (κ3) is 1.56. The van der Waals surface area contributed by atoms with Crippen molar-refractivity contribution in [2.24, 2.45) is 5.92 Å². The molecule has 2 N–H and O–H groups in total. The Hall–Kier alpha value is -1.52. The van der Waals surface area contributed by atoms with E-state index in [1.807, 2.05) is 12.1 Å². The summed E-state index contributed by atoms with van der Waals surface area (Å²) in [6.07, 6.45) is 6.84. The van der Waals surface area contributed by atoms with Gasteiger partial charge in [0.2, 0.25) is 0 Å².